The first-order valence-corrected chi connectivity index (χ1v) is 6.28. The molecule has 0 aliphatic carbocycles. The third-order valence-corrected chi connectivity index (χ3v) is 2.59. The number of para-hydroxylation sites is 1. The van der Waals surface area contributed by atoms with Gasteiger partial charge in [-0.1, -0.05) is 12.1 Å². The second-order valence-corrected chi connectivity index (χ2v) is 4.15. The first-order chi connectivity index (χ1) is 9.95. The van der Waals surface area contributed by atoms with Crippen LogP contribution < -0.4 is 0 Å². The van der Waals surface area contributed by atoms with Gasteiger partial charge in [-0.25, -0.2) is 0 Å². The highest BCUT2D eigenvalue weighted by Crippen LogP contribution is 2.18. The monoisotopic (exact) mass is 292 g/mol. The molecule has 0 spiro atoms. The molecule has 0 saturated heterocycles. The number of hydrogen-bond donors (Lipinski definition) is 0. The van der Waals surface area contributed by atoms with Crippen LogP contribution in [-0.2, 0) is 14.3 Å². The Kier molecular flexibility index (Phi) is 6.06. The average Bonchev–Trinajstić information content (AvgIpc) is 2.45. The summed E-state index contributed by atoms with van der Waals surface area (Å²) in [7, 11) is 1.45. The Morgan fingerprint density at radius 2 is 2.05 bits per heavy atom. The number of nitrogens with zero attached hydrogens (tertiary/aromatic N) is 2. The molecule has 7 heteroatoms. The molecule has 0 aromatic heterocycles. The Hall–Kier alpha value is -2.70. The highest BCUT2D eigenvalue weighted by atomic mass is 16.6. The molecule has 0 unspecified atom stereocenters. The van der Waals surface area contributed by atoms with Gasteiger partial charge in [-0.3, -0.25) is 19.7 Å². The number of nitro groups is 1. The molecule has 1 amide bonds. The van der Waals surface area contributed by atoms with E-state index in [0.717, 1.165) is 0 Å². The molecule has 0 atom stereocenters. The number of esters is 1. The summed E-state index contributed by atoms with van der Waals surface area (Å²) in [6.07, 6.45) is 2.53. The Balaban J connectivity index is 2.74. The lowest BCUT2D eigenvalue weighted by Gasteiger charge is -2.13. The van der Waals surface area contributed by atoms with Gasteiger partial charge >= 0.3 is 5.97 Å². The van der Waals surface area contributed by atoms with Crippen molar-refractivity contribution in [3.63, 3.8) is 0 Å². The van der Waals surface area contributed by atoms with E-state index in [1.165, 1.54) is 36.2 Å². The molecule has 0 N–H and O–H groups in total. The van der Waals surface area contributed by atoms with Gasteiger partial charge < -0.3 is 9.64 Å². The van der Waals surface area contributed by atoms with E-state index in [1.54, 1.807) is 19.1 Å². The van der Waals surface area contributed by atoms with Crippen molar-refractivity contribution in [3.8, 4) is 0 Å². The van der Waals surface area contributed by atoms with Crippen molar-refractivity contribution >= 4 is 23.6 Å². The summed E-state index contributed by atoms with van der Waals surface area (Å²) in [4.78, 5) is 34.5. The standard InChI is InChI=1S/C14H16N2O5/c1-3-21-14(18)10-15(2)13(17)9-8-11-6-4-5-7-12(11)16(19)20/h4-9H,3,10H2,1-2H3. The molecule has 0 aliphatic rings. The summed E-state index contributed by atoms with van der Waals surface area (Å²) in [5, 5.41) is 10.8. The zero-order valence-electron chi connectivity index (χ0n) is 11.8. The number of hydrogen-bond acceptors (Lipinski definition) is 5. The van der Waals surface area contributed by atoms with E-state index < -0.39 is 16.8 Å². The third kappa shape index (κ3) is 5.06. The van der Waals surface area contributed by atoms with Crippen molar-refractivity contribution in [2.45, 2.75) is 6.92 Å². The highest BCUT2D eigenvalue weighted by Gasteiger charge is 2.13. The molecule has 0 fully saturated rings. The van der Waals surface area contributed by atoms with Gasteiger partial charge in [0.15, 0.2) is 0 Å². The van der Waals surface area contributed by atoms with Gasteiger partial charge in [0.2, 0.25) is 5.91 Å². The first kappa shape index (κ1) is 16.4. The van der Waals surface area contributed by atoms with Crippen molar-refractivity contribution in [2.75, 3.05) is 20.2 Å². The second kappa shape index (κ2) is 7.78. The first-order valence-electron chi connectivity index (χ1n) is 6.28. The molecule has 1 rings (SSSR count). The molecular weight excluding hydrogens is 276 g/mol. The van der Waals surface area contributed by atoms with Gasteiger partial charge in [-0.2, -0.15) is 0 Å². The minimum Gasteiger partial charge on any atom is -0.465 e. The predicted molar refractivity (Wildman–Crippen MR) is 76.4 cm³/mol. The maximum Gasteiger partial charge on any atom is 0.325 e. The van der Waals surface area contributed by atoms with Gasteiger partial charge in [0.05, 0.1) is 17.1 Å². The van der Waals surface area contributed by atoms with Crippen LogP contribution in [0.3, 0.4) is 0 Å². The minimum atomic E-state index is -0.521. The normalized spacial score (nSPS) is 10.4. The number of carbonyl (C=O) groups is 2. The van der Waals surface area contributed by atoms with E-state index in [9.17, 15) is 19.7 Å². The van der Waals surface area contributed by atoms with Gasteiger partial charge in [-0.15, -0.1) is 0 Å². The summed E-state index contributed by atoms with van der Waals surface area (Å²) in [6.45, 7) is 1.75. The quantitative estimate of drug-likeness (QED) is 0.344. The SMILES string of the molecule is CCOC(=O)CN(C)C(=O)C=Cc1ccccc1[N+](=O)[O-]. The van der Waals surface area contributed by atoms with E-state index in [2.05, 4.69) is 0 Å². The van der Waals surface area contributed by atoms with E-state index in [1.807, 2.05) is 0 Å². The molecule has 1 aromatic carbocycles. The van der Waals surface area contributed by atoms with Crippen LogP contribution in [-0.4, -0.2) is 41.9 Å². The van der Waals surface area contributed by atoms with Crippen molar-refractivity contribution in [1.82, 2.24) is 4.90 Å². The fourth-order valence-corrected chi connectivity index (χ4v) is 1.56. The summed E-state index contributed by atoms with van der Waals surface area (Å²) in [5.41, 5.74) is 0.231. The smallest absolute Gasteiger partial charge is 0.325 e. The molecular formula is C14H16N2O5. The number of likely N-dealkylation sites (N-methyl/N-ethyl adjacent to an activating group) is 1. The zero-order valence-corrected chi connectivity index (χ0v) is 11.8. The highest BCUT2D eigenvalue weighted by molar-refractivity contribution is 5.94. The fourth-order valence-electron chi connectivity index (χ4n) is 1.56. The molecule has 0 heterocycles. The molecule has 0 aliphatic heterocycles. The van der Waals surface area contributed by atoms with Crippen LogP contribution in [0.25, 0.3) is 6.08 Å². The molecule has 0 saturated carbocycles. The van der Waals surface area contributed by atoms with Crippen LogP contribution >= 0.6 is 0 Å². The minimum absolute atomic E-state index is 0.0883. The summed E-state index contributed by atoms with van der Waals surface area (Å²) >= 11 is 0. The second-order valence-electron chi connectivity index (χ2n) is 4.15. The number of ether oxygens (including phenoxy) is 1. The Morgan fingerprint density at radius 1 is 1.38 bits per heavy atom. The molecule has 7 nitrogen and oxygen atoms in total. The van der Waals surface area contributed by atoms with Gasteiger partial charge in [0.1, 0.15) is 6.54 Å². The fraction of sp³-hybridized carbons (Fsp3) is 0.286. The van der Waals surface area contributed by atoms with E-state index >= 15 is 0 Å². The van der Waals surface area contributed by atoms with Crippen molar-refractivity contribution in [2.24, 2.45) is 0 Å². The number of rotatable bonds is 6. The van der Waals surface area contributed by atoms with Crippen molar-refractivity contribution in [1.29, 1.82) is 0 Å². The topological polar surface area (TPSA) is 89.8 Å². The zero-order chi connectivity index (χ0) is 15.8. The van der Waals surface area contributed by atoms with Crippen LogP contribution in [0, 0.1) is 10.1 Å². The molecule has 1 aromatic rings. The Bertz CT molecular complexity index is 568. The van der Waals surface area contributed by atoms with Crippen molar-refractivity contribution in [3.05, 3.63) is 46.0 Å². The van der Waals surface area contributed by atoms with Gasteiger partial charge in [-0.05, 0) is 19.1 Å². The van der Waals surface area contributed by atoms with Crippen molar-refractivity contribution < 1.29 is 19.2 Å². The van der Waals surface area contributed by atoms with Crippen LogP contribution in [0.5, 0.6) is 0 Å². The van der Waals surface area contributed by atoms with E-state index in [4.69, 9.17) is 4.74 Å². The van der Waals surface area contributed by atoms with Crippen LogP contribution in [0.15, 0.2) is 30.3 Å². The lowest BCUT2D eigenvalue weighted by Crippen LogP contribution is -2.31. The van der Waals surface area contributed by atoms with Crippen LogP contribution in [0.2, 0.25) is 0 Å². The third-order valence-electron chi connectivity index (χ3n) is 2.59. The van der Waals surface area contributed by atoms with E-state index in [-0.39, 0.29) is 18.8 Å². The van der Waals surface area contributed by atoms with Crippen LogP contribution in [0.4, 0.5) is 5.69 Å². The number of carbonyl (C=O) groups excluding carboxylic acids is 2. The van der Waals surface area contributed by atoms with E-state index in [0.29, 0.717) is 5.56 Å². The maximum absolute atomic E-state index is 11.8. The summed E-state index contributed by atoms with van der Waals surface area (Å²) < 4.78 is 4.73. The predicted octanol–water partition coefficient (Wildman–Crippen LogP) is 1.63. The number of nitro benzene ring substituents is 1. The molecule has 112 valence electrons. The average molecular weight is 292 g/mol. The largest absolute Gasteiger partial charge is 0.465 e. The van der Waals surface area contributed by atoms with Crippen LogP contribution in [0.1, 0.15) is 12.5 Å². The number of amides is 1. The summed E-state index contributed by atoms with van der Waals surface area (Å²) in [6, 6.07) is 6.07. The lowest BCUT2D eigenvalue weighted by atomic mass is 10.1. The molecule has 0 radical (unpaired) electrons. The van der Waals surface area contributed by atoms with Gasteiger partial charge in [0, 0.05) is 19.2 Å². The Labute approximate surface area is 122 Å². The number of benzene rings is 1. The molecule has 0 bridgehead atoms. The maximum atomic E-state index is 11.8. The molecule has 21 heavy (non-hydrogen) atoms. The lowest BCUT2D eigenvalue weighted by molar-refractivity contribution is -0.385. The van der Waals surface area contributed by atoms with Gasteiger partial charge in [0.25, 0.3) is 5.69 Å². The Morgan fingerprint density at radius 3 is 2.67 bits per heavy atom. The summed E-state index contributed by atoms with van der Waals surface area (Å²) in [5.74, 6) is -0.950.